The van der Waals surface area contributed by atoms with Gasteiger partial charge in [-0.2, -0.15) is 5.16 Å². The van der Waals surface area contributed by atoms with Crippen molar-refractivity contribution in [2.45, 2.75) is 39.7 Å². The first-order valence-electron chi connectivity index (χ1n) is 23.3. The number of carboxylic acid groups (broad SMARTS) is 1. The number of carbonyl (C=O) groups is 4. The van der Waals surface area contributed by atoms with Crippen LogP contribution in [-0.4, -0.2) is 78.0 Å². The maximum Gasteiger partial charge on any atom is 0.341 e. The zero-order valence-corrected chi connectivity index (χ0v) is 50.2. The highest BCUT2D eigenvalue weighted by Crippen LogP contribution is 2.31. The van der Waals surface area contributed by atoms with Gasteiger partial charge in [-0.05, 0) is 166 Å². The summed E-state index contributed by atoms with van der Waals surface area (Å²) in [7, 11) is 1.27. The monoisotopic (exact) mass is 1410 g/mol. The number of amides is 2. The molecule has 0 unspecified atom stereocenters. The Morgan fingerprint density at radius 1 is 0.588 bits per heavy atom. The Labute approximate surface area is 496 Å². The number of rotatable bonds is 6. The second-order valence-corrected chi connectivity index (χ2v) is 21.6. The first-order chi connectivity index (χ1) is 38.1. The molecule has 8 N–H and O–H groups in total. The minimum atomic E-state index is -1.13. The van der Waals surface area contributed by atoms with Gasteiger partial charge in [0, 0.05) is 44.7 Å². The molecule has 11 rings (SSSR count). The molecule has 1 saturated carbocycles. The number of aryl methyl sites for hydroxylation is 3. The highest BCUT2D eigenvalue weighted by molar-refractivity contribution is 9.11. The maximum atomic E-state index is 12.3. The van der Waals surface area contributed by atoms with Crippen LogP contribution in [0.4, 0.5) is 0 Å². The van der Waals surface area contributed by atoms with E-state index in [0.717, 1.165) is 71.8 Å². The molecular formula is C56H46Br5N5O14. The van der Waals surface area contributed by atoms with Crippen molar-refractivity contribution in [1.82, 2.24) is 26.3 Å². The third-order valence-electron chi connectivity index (χ3n) is 11.3. The van der Waals surface area contributed by atoms with Crippen molar-refractivity contribution in [1.29, 1.82) is 0 Å². The molecule has 24 heteroatoms. The molecule has 19 nitrogen and oxygen atoms in total. The SMILES string of the molecule is COC(=O)c1ccc(Br)cc1O.Cc1ccc(C(=O)NC2CC2)cc1-c1ccc2c(C)noc2c1.Cc1noc2cc(Br)ccc12.O=C(NO)c1ccc(Br)cc1O.O=C(O)c1ccc(Br)cc1O.O=c1[nH]oc2cc(Br)ccc12. The number of carboxylic acids is 1. The normalized spacial score (nSPS) is 11.2. The van der Waals surface area contributed by atoms with E-state index in [1.165, 1.54) is 49.0 Å². The lowest BCUT2D eigenvalue weighted by Crippen LogP contribution is -2.25. The number of nitrogens with zero attached hydrogens (tertiary/aromatic N) is 2. The summed E-state index contributed by atoms with van der Waals surface area (Å²) in [6.07, 6.45) is 2.18. The molecule has 1 aliphatic rings. The van der Waals surface area contributed by atoms with Gasteiger partial charge < -0.3 is 44.0 Å². The van der Waals surface area contributed by atoms with E-state index in [1.807, 2.05) is 69.3 Å². The number of phenols is 3. The number of aromatic carboxylic acids is 1. The van der Waals surface area contributed by atoms with Crippen molar-refractivity contribution in [3.63, 3.8) is 0 Å². The molecule has 10 aromatic rings. The molecule has 0 radical (unpaired) electrons. The maximum absolute atomic E-state index is 12.3. The summed E-state index contributed by atoms with van der Waals surface area (Å²) in [5.41, 5.74) is 9.26. The van der Waals surface area contributed by atoms with E-state index in [9.17, 15) is 34.2 Å². The van der Waals surface area contributed by atoms with Crippen molar-refractivity contribution in [3.05, 3.63) is 199 Å². The third-order valence-corrected chi connectivity index (χ3v) is 13.8. The highest BCUT2D eigenvalue weighted by Gasteiger charge is 2.24. The number of hydrogen-bond donors (Lipinski definition) is 8. The number of aromatic hydroxyl groups is 3. The third kappa shape index (κ3) is 17.0. The molecule has 0 bridgehead atoms. The summed E-state index contributed by atoms with van der Waals surface area (Å²) in [5.74, 6) is -2.90. The number of nitrogens with one attached hydrogen (secondary N) is 3. The zero-order chi connectivity index (χ0) is 58.4. The van der Waals surface area contributed by atoms with Crippen LogP contribution in [0.3, 0.4) is 0 Å². The number of esters is 1. The predicted octanol–water partition coefficient (Wildman–Crippen LogP) is 13.9. The highest BCUT2D eigenvalue weighted by atomic mass is 79.9. The molecule has 3 heterocycles. The summed E-state index contributed by atoms with van der Waals surface area (Å²) >= 11 is 16.0. The van der Waals surface area contributed by atoms with Crippen molar-refractivity contribution in [2.24, 2.45) is 0 Å². The fourth-order valence-electron chi connectivity index (χ4n) is 6.99. The van der Waals surface area contributed by atoms with Gasteiger partial charge in [-0.15, -0.1) is 0 Å². The number of methoxy groups -OCH3 is 1. The van der Waals surface area contributed by atoms with E-state index in [1.54, 1.807) is 36.4 Å². The number of carbonyl (C=O) groups excluding carboxylic acids is 3. The Bertz CT molecular complexity index is 3860. The number of ether oxygens (including phenoxy) is 1. The minimum Gasteiger partial charge on any atom is -0.507 e. The quantitative estimate of drug-likeness (QED) is 0.0436. The standard InChI is InChI=1S/C19H18N2O2.C8H6BrNO.C8H7BrO3.C7H6BrNO3.C7H4BrNO2.C7H5BrO3/c1-11-3-4-14(19(22)20-15-6-7-15)9-17(11)13-5-8-16-12(2)21-23-18(16)10-13;1-5-7-3-2-6(9)4-8(7)11-10-5;1-12-8(11)6-3-2-5(9)4-7(6)10;8-4-1-2-5(6(10)3-4)7(11)9-12;8-4-1-2-5-6(3-4)11-9-7(5)10;8-4-1-2-5(7(10)11)6(9)3-4/h3-5,8-10,15H,6-7H2,1-2H3,(H,20,22);2-4H,1H3;2-4,10H,1H3;1-3,10,12H,(H,9,11);1-3H,(H,9,10);1-3,9H,(H,10,11). The van der Waals surface area contributed by atoms with Crippen molar-refractivity contribution >= 4 is 136 Å². The van der Waals surface area contributed by atoms with Crippen LogP contribution in [0.25, 0.3) is 44.0 Å². The zero-order valence-electron chi connectivity index (χ0n) is 42.3. The van der Waals surface area contributed by atoms with Crippen LogP contribution in [0.2, 0.25) is 0 Å². The van der Waals surface area contributed by atoms with Crippen molar-refractivity contribution in [2.75, 3.05) is 7.11 Å². The first-order valence-corrected chi connectivity index (χ1v) is 27.3. The average molecular weight is 1410 g/mol. The Hall–Kier alpha value is -7.61. The molecule has 0 aliphatic heterocycles. The lowest BCUT2D eigenvalue weighted by atomic mass is 9.97. The molecule has 3 aromatic heterocycles. The van der Waals surface area contributed by atoms with E-state index < -0.39 is 17.8 Å². The lowest BCUT2D eigenvalue weighted by molar-refractivity contribution is 0.0595. The number of halogens is 5. The molecule has 2 amide bonds. The fourth-order valence-corrected chi connectivity index (χ4v) is 8.72. The van der Waals surface area contributed by atoms with Gasteiger partial charge in [-0.1, -0.05) is 102 Å². The Morgan fingerprint density at radius 3 is 1.57 bits per heavy atom. The summed E-state index contributed by atoms with van der Waals surface area (Å²) in [5, 5.41) is 60.0. The van der Waals surface area contributed by atoms with E-state index in [4.69, 9.17) is 29.0 Å². The molecule has 0 atom stereocenters. The molecule has 0 spiro atoms. The van der Waals surface area contributed by atoms with Crippen LogP contribution >= 0.6 is 79.6 Å². The summed E-state index contributed by atoms with van der Waals surface area (Å²) in [4.78, 5) is 55.3. The number of hydrogen-bond acceptors (Lipinski definition) is 15. The van der Waals surface area contributed by atoms with Crippen molar-refractivity contribution in [3.8, 4) is 28.4 Å². The van der Waals surface area contributed by atoms with Crippen LogP contribution < -0.4 is 16.4 Å². The summed E-state index contributed by atoms with van der Waals surface area (Å²) in [6.45, 7) is 5.91. The molecule has 80 heavy (non-hydrogen) atoms. The topological polar surface area (TPSA) is 301 Å². The van der Waals surface area contributed by atoms with Crippen LogP contribution in [0, 0.1) is 20.8 Å². The van der Waals surface area contributed by atoms with Gasteiger partial charge in [0.15, 0.2) is 16.7 Å². The number of H-pyrrole nitrogens is 1. The van der Waals surface area contributed by atoms with Crippen molar-refractivity contribution < 1.29 is 63.1 Å². The largest absolute Gasteiger partial charge is 0.507 e. The molecular weight excluding hydrogens is 1370 g/mol. The van der Waals surface area contributed by atoms with Crippen LogP contribution in [0.15, 0.2) is 168 Å². The molecule has 0 saturated heterocycles. The number of benzene rings is 7. The van der Waals surface area contributed by atoms with Gasteiger partial charge in [0.25, 0.3) is 17.4 Å². The number of hydroxylamine groups is 1. The van der Waals surface area contributed by atoms with Gasteiger partial charge in [0.05, 0.1) is 29.4 Å². The van der Waals surface area contributed by atoms with E-state index in [2.05, 4.69) is 111 Å². The molecule has 414 valence electrons. The number of fused-ring (bicyclic) bond motifs is 3. The smallest absolute Gasteiger partial charge is 0.341 e. The van der Waals surface area contributed by atoms with Gasteiger partial charge in [-0.25, -0.2) is 15.1 Å². The second-order valence-electron chi connectivity index (χ2n) is 17.1. The number of phenolic OH excluding ortho intramolecular Hbond substituents is 2. The Kier molecular flexibility index (Phi) is 22.0. The van der Waals surface area contributed by atoms with Crippen LogP contribution in [0.5, 0.6) is 17.2 Å². The fraction of sp³-hybridized carbons (Fsp3) is 0.125. The van der Waals surface area contributed by atoms with E-state index in [0.29, 0.717) is 36.0 Å². The van der Waals surface area contributed by atoms with Gasteiger partial charge in [0.2, 0.25) is 0 Å². The van der Waals surface area contributed by atoms with Gasteiger partial charge in [-0.3, -0.25) is 19.6 Å². The summed E-state index contributed by atoms with van der Waals surface area (Å²) < 4.78 is 23.7. The number of aromatic amines is 1. The predicted molar refractivity (Wildman–Crippen MR) is 315 cm³/mol. The second kappa shape index (κ2) is 28.5. The molecule has 1 aliphatic carbocycles. The van der Waals surface area contributed by atoms with Gasteiger partial charge in [0.1, 0.15) is 28.4 Å². The van der Waals surface area contributed by atoms with E-state index >= 15 is 0 Å². The lowest BCUT2D eigenvalue weighted by Gasteiger charge is -2.09. The molecule has 1 fully saturated rings. The number of aromatic nitrogens is 3. The van der Waals surface area contributed by atoms with E-state index in [-0.39, 0.29) is 45.4 Å². The van der Waals surface area contributed by atoms with Crippen LogP contribution in [0.1, 0.15) is 71.2 Å². The Morgan fingerprint density at radius 2 is 1.06 bits per heavy atom. The van der Waals surface area contributed by atoms with Gasteiger partial charge >= 0.3 is 11.9 Å². The summed E-state index contributed by atoms with van der Waals surface area (Å²) in [6, 6.07) is 36.6. The van der Waals surface area contributed by atoms with Crippen LogP contribution in [-0.2, 0) is 4.74 Å². The minimum absolute atomic E-state index is 0.00494. The average Bonchev–Trinajstić information content (AvgIpc) is 3.91. The Balaban J connectivity index is 0.000000160. The first kappa shape index (κ1) is 61.6. The molecule has 7 aromatic carbocycles.